The zero-order valence-corrected chi connectivity index (χ0v) is 17.4. The van der Waals surface area contributed by atoms with E-state index in [1.807, 2.05) is 27.7 Å². The van der Waals surface area contributed by atoms with Crippen LogP contribution in [0.3, 0.4) is 0 Å². The molecule has 27 heavy (non-hydrogen) atoms. The molecule has 3 rings (SSSR count). The number of anilines is 1. The molecule has 1 amide bonds. The summed E-state index contributed by atoms with van der Waals surface area (Å²) < 4.78 is 32.8. The number of aromatic nitrogens is 1. The molecule has 2 atom stereocenters. The number of thiazole rings is 1. The Morgan fingerprint density at radius 1 is 1.19 bits per heavy atom. The highest BCUT2D eigenvalue weighted by atomic mass is 32.2. The highest BCUT2D eigenvalue weighted by molar-refractivity contribution is 7.89. The lowest BCUT2D eigenvalue weighted by molar-refractivity contribution is -0.0440. The van der Waals surface area contributed by atoms with Crippen molar-refractivity contribution in [2.45, 2.75) is 44.8 Å². The first-order valence-corrected chi connectivity index (χ1v) is 10.9. The zero-order chi connectivity index (χ0) is 19.8. The highest BCUT2D eigenvalue weighted by Gasteiger charge is 2.32. The van der Waals surface area contributed by atoms with Crippen LogP contribution in [-0.2, 0) is 14.8 Å². The van der Waals surface area contributed by atoms with Gasteiger partial charge in [0.25, 0.3) is 5.91 Å². The van der Waals surface area contributed by atoms with E-state index in [1.54, 1.807) is 0 Å². The summed E-state index contributed by atoms with van der Waals surface area (Å²) in [5, 5.41) is 4.39. The lowest BCUT2D eigenvalue weighted by Gasteiger charge is -2.34. The van der Waals surface area contributed by atoms with Crippen LogP contribution in [0.25, 0.3) is 0 Å². The van der Waals surface area contributed by atoms with E-state index >= 15 is 0 Å². The minimum atomic E-state index is -3.62. The van der Waals surface area contributed by atoms with Crippen molar-refractivity contribution in [3.63, 3.8) is 0 Å². The molecular formula is C18H23N3O4S2. The fraction of sp³-hybridized carbons (Fsp3) is 0.444. The molecule has 0 bridgehead atoms. The number of carbonyl (C=O) groups excluding carboxylic acids is 1. The Balaban J connectivity index is 1.76. The fourth-order valence-electron chi connectivity index (χ4n) is 3.08. The van der Waals surface area contributed by atoms with E-state index in [1.165, 1.54) is 39.9 Å². The van der Waals surface area contributed by atoms with Crippen LogP contribution in [0.15, 0.2) is 29.2 Å². The first-order valence-electron chi connectivity index (χ1n) is 8.68. The van der Waals surface area contributed by atoms with Gasteiger partial charge in [-0.2, -0.15) is 4.31 Å². The van der Waals surface area contributed by atoms with Gasteiger partial charge in [-0.05, 0) is 52.0 Å². The number of ether oxygens (including phenoxy) is 1. The number of sulfonamides is 1. The predicted octanol–water partition coefficient (Wildman–Crippen LogP) is 2.81. The molecular weight excluding hydrogens is 386 g/mol. The van der Waals surface area contributed by atoms with Crippen LogP contribution in [0.2, 0.25) is 0 Å². The first kappa shape index (κ1) is 19.9. The summed E-state index contributed by atoms with van der Waals surface area (Å²) in [5.41, 5.74) is 1.16. The number of aryl methyl sites for hydroxylation is 2. The maximum absolute atomic E-state index is 12.9. The second kappa shape index (κ2) is 7.67. The second-order valence-corrected chi connectivity index (χ2v) is 9.85. The summed E-state index contributed by atoms with van der Waals surface area (Å²) in [4.78, 5) is 16.9. The van der Waals surface area contributed by atoms with Crippen molar-refractivity contribution in [2.75, 3.05) is 18.4 Å². The van der Waals surface area contributed by atoms with E-state index in [0.717, 1.165) is 10.7 Å². The van der Waals surface area contributed by atoms with E-state index < -0.39 is 10.0 Å². The molecule has 9 heteroatoms. The lowest BCUT2D eigenvalue weighted by Crippen LogP contribution is -2.48. The Morgan fingerprint density at radius 3 is 2.30 bits per heavy atom. The van der Waals surface area contributed by atoms with Crippen LogP contribution in [-0.4, -0.2) is 48.9 Å². The molecule has 1 saturated heterocycles. The average molecular weight is 410 g/mol. The van der Waals surface area contributed by atoms with Gasteiger partial charge in [-0.25, -0.2) is 13.4 Å². The van der Waals surface area contributed by atoms with E-state index in [0.29, 0.717) is 23.7 Å². The number of benzene rings is 1. The molecule has 0 aliphatic carbocycles. The molecule has 0 spiro atoms. The van der Waals surface area contributed by atoms with E-state index in [4.69, 9.17) is 4.74 Å². The summed E-state index contributed by atoms with van der Waals surface area (Å²) in [5.74, 6) is -0.292. The summed E-state index contributed by atoms with van der Waals surface area (Å²) in [6.45, 7) is 8.06. The normalized spacial score (nSPS) is 21.2. The summed E-state index contributed by atoms with van der Waals surface area (Å²) >= 11 is 1.41. The Hall–Kier alpha value is -1.81. The van der Waals surface area contributed by atoms with Gasteiger partial charge >= 0.3 is 0 Å². The molecule has 1 aliphatic heterocycles. The maximum atomic E-state index is 12.9. The highest BCUT2D eigenvalue weighted by Crippen LogP contribution is 2.25. The van der Waals surface area contributed by atoms with Gasteiger partial charge in [0.2, 0.25) is 10.0 Å². The van der Waals surface area contributed by atoms with Gasteiger partial charge in [0.1, 0.15) is 5.00 Å². The molecule has 1 aromatic heterocycles. The lowest BCUT2D eigenvalue weighted by atomic mass is 10.2. The topological polar surface area (TPSA) is 88.6 Å². The van der Waals surface area contributed by atoms with Gasteiger partial charge in [-0.1, -0.05) is 0 Å². The number of amides is 1. The van der Waals surface area contributed by atoms with Gasteiger partial charge in [0.15, 0.2) is 0 Å². The molecule has 1 aliphatic rings. The largest absolute Gasteiger partial charge is 0.373 e. The van der Waals surface area contributed by atoms with Gasteiger partial charge in [-0.15, -0.1) is 11.3 Å². The molecule has 1 N–H and O–H groups in total. The number of morpholine rings is 1. The van der Waals surface area contributed by atoms with E-state index in [9.17, 15) is 13.2 Å². The van der Waals surface area contributed by atoms with Crippen molar-refractivity contribution in [1.29, 1.82) is 0 Å². The van der Waals surface area contributed by atoms with Crippen LogP contribution in [0.1, 0.15) is 34.9 Å². The molecule has 1 aromatic carbocycles. The Labute approximate surface area is 163 Å². The monoisotopic (exact) mass is 409 g/mol. The van der Waals surface area contributed by atoms with Gasteiger partial charge in [0.05, 0.1) is 27.8 Å². The third-order valence-electron chi connectivity index (χ3n) is 4.27. The quantitative estimate of drug-likeness (QED) is 0.839. The van der Waals surface area contributed by atoms with Crippen molar-refractivity contribution in [2.24, 2.45) is 0 Å². The molecule has 0 radical (unpaired) electrons. The van der Waals surface area contributed by atoms with Crippen LogP contribution < -0.4 is 5.32 Å². The van der Waals surface area contributed by atoms with Crippen molar-refractivity contribution in [1.82, 2.24) is 9.29 Å². The van der Waals surface area contributed by atoms with Crippen molar-refractivity contribution >= 4 is 32.3 Å². The van der Waals surface area contributed by atoms with Crippen molar-refractivity contribution in [3.8, 4) is 0 Å². The smallest absolute Gasteiger partial charge is 0.256 e. The predicted molar refractivity (Wildman–Crippen MR) is 105 cm³/mol. The van der Waals surface area contributed by atoms with Crippen LogP contribution >= 0.6 is 11.3 Å². The fourth-order valence-corrected chi connectivity index (χ4v) is 5.48. The summed E-state index contributed by atoms with van der Waals surface area (Å²) in [7, 11) is -3.62. The SMILES string of the molecule is Cc1nc(C)c(NC(=O)c2ccc(S(=O)(=O)N3C[C@@H](C)O[C@H](C)C3)cc2)s1. The van der Waals surface area contributed by atoms with E-state index in [-0.39, 0.29) is 23.0 Å². The van der Waals surface area contributed by atoms with Gasteiger partial charge < -0.3 is 10.1 Å². The number of hydrogen-bond donors (Lipinski definition) is 1. The summed E-state index contributed by atoms with van der Waals surface area (Å²) in [6.07, 6.45) is -0.306. The molecule has 2 aromatic rings. The molecule has 0 unspecified atom stereocenters. The number of nitrogens with one attached hydrogen (secondary N) is 1. The standard InChI is InChI=1S/C18H23N3O4S2/c1-11-9-21(10-12(2)25-11)27(23,24)16-7-5-15(6-8-16)17(22)20-18-13(3)19-14(4)26-18/h5-8,11-12H,9-10H2,1-4H3,(H,20,22)/t11-,12-/m1/s1. The molecule has 2 heterocycles. The first-order chi connectivity index (χ1) is 12.7. The molecule has 7 nitrogen and oxygen atoms in total. The minimum Gasteiger partial charge on any atom is -0.373 e. The zero-order valence-electron chi connectivity index (χ0n) is 15.7. The number of hydrogen-bond acceptors (Lipinski definition) is 6. The summed E-state index contributed by atoms with van der Waals surface area (Å²) in [6, 6.07) is 6.00. The number of rotatable bonds is 4. The maximum Gasteiger partial charge on any atom is 0.256 e. The second-order valence-electron chi connectivity index (χ2n) is 6.71. The minimum absolute atomic E-state index is 0.153. The molecule has 0 saturated carbocycles. The van der Waals surface area contributed by atoms with Crippen molar-refractivity contribution in [3.05, 3.63) is 40.5 Å². The Morgan fingerprint density at radius 2 is 1.78 bits per heavy atom. The third kappa shape index (κ3) is 4.37. The van der Waals surface area contributed by atoms with Crippen LogP contribution in [0.5, 0.6) is 0 Å². The van der Waals surface area contributed by atoms with Gasteiger partial charge in [0, 0.05) is 18.7 Å². The number of nitrogens with zero attached hydrogens (tertiary/aromatic N) is 2. The Kier molecular flexibility index (Phi) is 5.66. The van der Waals surface area contributed by atoms with Crippen LogP contribution in [0, 0.1) is 13.8 Å². The molecule has 146 valence electrons. The van der Waals surface area contributed by atoms with Gasteiger partial charge in [-0.3, -0.25) is 4.79 Å². The Bertz CT molecular complexity index is 928. The number of carbonyl (C=O) groups is 1. The van der Waals surface area contributed by atoms with Crippen LogP contribution in [0.4, 0.5) is 5.00 Å². The molecule has 1 fully saturated rings. The van der Waals surface area contributed by atoms with Crippen molar-refractivity contribution < 1.29 is 17.9 Å². The average Bonchev–Trinajstić information content (AvgIpc) is 2.91. The third-order valence-corrected chi connectivity index (χ3v) is 7.11. The van der Waals surface area contributed by atoms with E-state index in [2.05, 4.69) is 10.3 Å².